The topological polar surface area (TPSA) is 973 Å². The molecule has 51 atom stereocenters. The van der Waals surface area contributed by atoms with Crippen LogP contribution in [0.5, 0.6) is 0 Å². The van der Waals surface area contributed by atoms with Gasteiger partial charge in [-0.25, -0.2) is 0 Å². The molecule has 0 spiro atoms. The molecule has 9 saturated heterocycles. The smallest absolute Gasteiger partial charge is 0.252 e. The van der Waals surface area contributed by atoms with Crippen molar-refractivity contribution in [3.8, 4) is 0 Å². The van der Waals surface area contributed by atoms with E-state index in [1.54, 1.807) is 13.8 Å². The molecule has 0 aromatic rings. The van der Waals surface area contributed by atoms with Crippen LogP contribution in [0.25, 0.3) is 10.4 Å². The molecule has 6 amide bonds. The van der Waals surface area contributed by atoms with Gasteiger partial charge in [0.05, 0.1) is 130 Å². The summed E-state index contributed by atoms with van der Waals surface area (Å²) in [6, 6.07) is -8.95. The van der Waals surface area contributed by atoms with Gasteiger partial charge in [-0.15, -0.1) is 0 Å². The predicted octanol–water partition coefficient (Wildman–Crippen LogP) is -20.4. The molecule has 0 aromatic carbocycles. The number of aliphatic hydroxyl groups excluding tert-OH is 27. The highest BCUT2D eigenvalue weighted by Crippen LogP contribution is 2.44. The van der Waals surface area contributed by atoms with Crippen molar-refractivity contribution in [2.45, 2.75) is 373 Å². The molecule has 860 valence electrons. The number of rotatable bonds is 50. The highest BCUT2D eigenvalue weighted by atomic mass is 16.8. The normalized spacial score (nSPS) is 43.2. The van der Waals surface area contributed by atoms with E-state index in [1.807, 2.05) is 0 Å². The van der Waals surface area contributed by atoms with Gasteiger partial charge in [-0.05, 0) is 25.8 Å². The van der Waals surface area contributed by atoms with E-state index in [9.17, 15) is 167 Å². The number of carbonyl (C=O) groups is 6. The molecule has 0 bridgehead atoms. The van der Waals surface area contributed by atoms with E-state index in [1.165, 1.54) is 0 Å². The van der Waals surface area contributed by atoms with Crippen LogP contribution in [0.3, 0.4) is 0 Å². The molecule has 64 heteroatoms. The lowest BCUT2D eigenvalue weighted by Gasteiger charge is -2.51. The van der Waals surface area contributed by atoms with Gasteiger partial charge in [-0.2, -0.15) is 0 Å². The summed E-state index contributed by atoms with van der Waals surface area (Å²) in [5.74, 6) is -7.05. The summed E-state index contributed by atoms with van der Waals surface area (Å²) in [6.07, 6.45) is -96.5. The van der Waals surface area contributed by atoms with Crippen molar-refractivity contribution in [1.82, 2.24) is 31.9 Å². The summed E-state index contributed by atoms with van der Waals surface area (Å²) >= 11 is 0. The number of hydrogen-bond donors (Lipinski definition) is 33. The molecule has 10 fully saturated rings. The van der Waals surface area contributed by atoms with E-state index >= 15 is 0 Å². The number of nitrogens with one attached hydrogen (secondary N) is 6. The Morgan fingerprint density at radius 2 is 0.678 bits per heavy atom. The Labute approximate surface area is 849 Å². The third-order valence-corrected chi connectivity index (χ3v) is 26.6. The van der Waals surface area contributed by atoms with Crippen LogP contribution < -0.4 is 31.9 Å². The van der Waals surface area contributed by atoms with Gasteiger partial charge in [0, 0.05) is 65.0 Å². The molecule has 0 radical (unpaired) electrons. The molecule has 10 rings (SSSR count). The van der Waals surface area contributed by atoms with E-state index in [0.717, 1.165) is 34.6 Å². The second kappa shape index (κ2) is 57.9. The van der Waals surface area contributed by atoms with E-state index < -0.39 is 432 Å². The summed E-state index contributed by atoms with van der Waals surface area (Å²) in [7, 11) is 0. The fraction of sp³-hybridized carbons (Fsp3) is 0.929. The van der Waals surface area contributed by atoms with E-state index in [2.05, 4.69) is 41.9 Å². The molecule has 33 N–H and O–H groups in total. The Morgan fingerprint density at radius 1 is 0.349 bits per heavy atom. The van der Waals surface area contributed by atoms with Crippen LogP contribution in [0.4, 0.5) is 0 Å². The monoisotopic (exact) mass is 2170 g/mol. The van der Waals surface area contributed by atoms with Crippen molar-refractivity contribution < 1.29 is 271 Å². The summed E-state index contributed by atoms with van der Waals surface area (Å²) in [6.45, 7) is -3.31. The molecule has 64 nitrogen and oxygen atoms in total. The van der Waals surface area contributed by atoms with Gasteiger partial charge >= 0.3 is 0 Å². The van der Waals surface area contributed by atoms with Crippen molar-refractivity contribution in [3.63, 3.8) is 0 Å². The quantitative estimate of drug-likeness (QED) is 0.0116. The SMILES string of the molecule is CC(=O)N[C@H]1[C@H](O[C@H]2[C@H](O)[C@@H](NC(C)=O)[C@H](OC(C)C)O[C@@H]2CO)O[C@H](CO)[C@@H](O[C@@H]2O[C@H](CO[C@H]3O[C@H](CO)[C@@H](O)[C@H](O)[C@@H]3O[C@@H]3O[C@H](CO)[C@@H](O[C@@H]4O[C@H](CO)[C@H](O)[C@H](O)[C@H]4O)[C@H](O)[C@H]3NC(C)=O)[C@@H](O)[C@H](O[C@H]3O[C@H](CO)[C@@H](O)[C@H](O)[C@@H]3O[C@@H]3O[C@H](CO)[C@@H](O[C@@H]4O[C@H](CO[C@@]5(C(=O)NCCOCCOCCOCCN=[N+]=[N-])C[C@@H]([C@H](O)[C@H](O)CO)[C@H](NC(C)=O)[C@@H](O)C5)[C@H](O)[C@H](O)[C@H]4O)[C@H](O)[C@H]3NC(C)=O)[C@@H]2O)[C@@H]1O. The minimum atomic E-state index is -2.65. The lowest BCUT2D eigenvalue weighted by molar-refractivity contribution is -0.399. The number of azide groups is 1. The second-order valence-corrected chi connectivity index (χ2v) is 37.6. The maximum absolute atomic E-state index is 14.7. The van der Waals surface area contributed by atoms with Gasteiger partial charge in [-0.1, -0.05) is 5.11 Å². The number of aliphatic hydroxyl groups is 27. The van der Waals surface area contributed by atoms with E-state index in [-0.39, 0.29) is 52.7 Å². The number of amides is 6. The lowest BCUT2D eigenvalue weighted by atomic mass is 9.69. The fourth-order valence-electron chi connectivity index (χ4n) is 19.0. The van der Waals surface area contributed by atoms with Crippen LogP contribution in [0.1, 0.15) is 61.3 Å². The van der Waals surface area contributed by atoms with Crippen LogP contribution in [-0.2, 0) is 133 Å². The largest absolute Gasteiger partial charge is 0.394 e. The number of nitrogens with zero attached hydrogens (tertiary/aromatic N) is 3. The molecular weight excluding hydrogens is 2030 g/mol. The van der Waals surface area contributed by atoms with Crippen LogP contribution in [0.15, 0.2) is 5.11 Å². The van der Waals surface area contributed by atoms with Crippen LogP contribution in [0.2, 0.25) is 0 Å². The third kappa shape index (κ3) is 31.0. The molecule has 9 heterocycles. The molecule has 1 aliphatic carbocycles. The molecule has 0 aromatic heterocycles. The highest BCUT2D eigenvalue weighted by Gasteiger charge is 2.63. The molecule has 1 saturated carbocycles. The third-order valence-electron chi connectivity index (χ3n) is 26.6. The zero-order valence-electron chi connectivity index (χ0n) is 81.9. The van der Waals surface area contributed by atoms with Gasteiger partial charge in [0.1, 0.15) is 231 Å². The summed E-state index contributed by atoms with van der Waals surface area (Å²) in [5, 5.41) is 327. The van der Waals surface area contributed by atoms with Gasteiger partial charge in [0.25, 0.3) is 5.91 Å². The summed E-state index contributed by atoms with van der Waals surface area (Å²) in [5.41, 5.74) is 6.05. The highest BCUT2D eigenvalue weighted by molar-refractivity contribution is 5.86. The van der Waals surface area contributed by atoms with E-state index in [0.29, 0.717) is 0 Å². The van der Waals surface area contributed by atoms with Crippen molar-refractivity contribution in [2.75, 3.05) is 119 Å². The average molecular weight is 2170 g/mol. The Kier molecular flexibility index (Phi) is 48.6. The Hall–Kier alpha value is -5.83. The van der Waals surface area contributed by atoms with Crippen LogP contribution >= 0.6 is 0 Å². The summed E-state index contributed by atoms with van der Waals surface area (Å²) < 4.78 is 132. The Balaban J connectivity index is 0.949. The number of carbonyl (C=O) groups excluding carboxylic acids is 6. The number of hydrogen-bond acceptors (Lipinski definition) is 56. The van der Waals surface area contributed by atoms with Crippen molar-refractivity contribution in [1.29, 1.82) is 0 Å². The first kappa shape index (κ1) is 125. The molecule has 149 heavy (non-hydrogen) atoms. The van der Waals surface area contributed by atoms with Crippen molar-refractivity contribution in [2.24, 2.45) is 11.0 Å². The first-order valence-corrected chi connectivity index (χ1v) is 48.3. The van der Waals surface area contributed by atoms with Gasteiger partial charge in [0.15, 0.2) is 56.6 Å². The van der Waals surface area contributed by atoms with Gasteiger partial charge in [0.2, 0.25) is 29.5 Å². The molecular formula is C85H145N9O55. The van der Waals surface area contributed by atoms with Gasteiger partial charge in [-0.3, -0.25) is 28.8 Å². The maximum Gasteiger partial charge on any atom is 0.252 e. The van der Waals surface area contributed by atoms with Crippen molar-refractivity contribution >= 4 is 35.4 Å². The van der Waals surface area contributed by atoms with Crippen molar-refractivity contribution in [3.05, 3.63) is 10.4 Å². The predicted molar refractivity (Wildman–Crippen MR) is 474 cm³/mol. The summed E-state index contributed by atoms with van der Waals surface area (Å²) in [4.78, 5) is 82.3. The molecule has 9 aliphatic heterocycles. The first-order chi connectivity index (χ1) is 70.7. The van der Waals surface area contributed by atoms with Crippen LogP contribution in [-0.4, -0.2) is 604 Å². The Morgan fingerprint density at radius 3 is 1.09 bits per heavy atom. The van der Waals surface area contributed by atoms with E-state index in [4.69, 9.17) is 110 Å². The van der Waals surface area contributed by atoms with Crippen LogP contribution in [0, 0.1) is 5.92 Å². The fourth-order valence-corrected chi connectivity index (χ4v) is 19.0. The van der Waals surface area contributed by atoms with Gasteiger partial charge < -0.3 is 274 Å². The Bertz CT molecular complexity index is 4150. The molecule has 10 aliphatic rings. The second-order valence-electron chi connectivity index (χ2n) is 37.6. The average Bonchev–Trinajstić information content (AvgIpc) is 0.757. The lowest BCUT2D eigenvalue weighted by Crippen LogP contribution is -2.71. The standard InChI is InChI=1S/C85H145N9O55/c1-28(2)133-75-47(90-30(4)104)57(116)68(40(22-99)137-75)143-76-48(91-31(5)105)58(117)71(43(25-102)138-76)146-81-67(126)72(56(115)44(141-81)26-131-82-73(63(122)53(112)38(20-97)135-82)148-77-49(92-32(6)106)59(118)69(41(23-100)139-77)144-79-65(124)61(120)52(111)37(19-96)134-79)147-83-74(64(123)54(113)39(21-98)136-83)149-78-50(93-33(7)107)60(119)70(42(24-101)140-78)145-80-66(125)62(121)55(114)45(142-80)27-132-85(16-34(51(110)36(109)18-95)46(35(108)17-85)89-29(3)103)84(127)87-8-10-128-12-14-130-15-13-129-11-9-88-94-86/h28,34-83,95-102,108-126H,8-27H2,1-7H3,(H,87,127)(H,89,103)(H,90,104)(H,91,105)(H,92,106)(H,93,107)/t34-,35+,36-,37-,38-,39-,40-,41-,42-,43-,44-,45-,46+,47-,48-,49-,50-,51+,52+,53-,54-,55+,56-,57-,58-,59-,60-,61+,62+,63+,64+,65-,66-,67+,68-,69-,70-,71-,72+,73+,74+,75-,76+,77+,78+,79+,80+,81+,82+,83-,85+/m1/s1. The number of ether oxygens (including phenoxy) is 22. The zero-order valence-corrected chi connectivity index (χ0v) is 81.9. The first-order valence-electron chi connectivity index (χ1n) is 48.3. The minimum Gasteiger partial charge on any atom is -0.394 e. The molecule has 0 unspecified atom stereocenters. The minimum absolute atomic E-state index is 0.0206. The zero-order chi connectivity index (χ0) is 110. The maximum atomic E-state index is 14.7.